The zero-order valence-corrected chi connectivity index (χ0v) is 23.9. The molecule has 0 fully saturated rings. The molecule has 3 aromatic rings. The van der Waals surface area contributed by atoms with Gasteiger partial charge < -0.3 is 10.2 Å². The average molecular weight is 558 g/mol. The Morgan fingerprint density at radius 2 is 1.65 bits per heavy atom. The standard InChI is InChI=1S/C30H34Cl2N2O2S/c1-4-22(3)33-30(36)28(19-23-8-6-5-7-9-23)34(20-24-12-15-26(31)27(32)18-24)29(35)16-17-37-25-13-10-21(2)11-14-25/h5-15,18,22,28H,4,16-17,19-20H2,1-3H3,(H,33,36). The van der Waals surface area contributed by atoms with Gasteiger partial charge in [0.25, 0.3) is 0 Å². The largest absolute Gasteiger partial charge is 0.352 e. The van der Waals surface area contributed by atoms with E-state index in [9.17, 15) is 9.59 Å². The molecule has 2 unspecified atom stereocenters. The van der Waals surface area contributed by atoms with Crippen LogP contribution in [0.2, 0.25) is 10.0 Å². The second-order valence-corrected chi connectivity index (χ2v) is 11.2. The second-order valence-electron chi connectivity index (χ2n) is 9.21. The number of carbonyl (C=O) groups is 2. The molecule has 1 N–H and O–H groups in total. The normalized spacial score (nSPS) is 12.6. The van der Waals surface area contributed by atoms with Gasteiger partial charge in [0.15, 0.2) is 0 Å². The third kappa shape index (κ3) is 9.10. The number of hydrogen-bond donors (Lipinski definition) is 1. The van der Waals surface area contributed by atoms with Crippen LogP contribution in [0.4, 0.5) is 0 Å². The molecule has 2 atom stereocenters. The molecule has 0 aromatic heterocycles. The van der Waals surface area contributed by atoms with Gasteiger partial charge in [-0.3, -0.25) is 9.59 Å². The van der Waals surface area contributed by atoms with E-state index >= 15 is 0 Å². The van der Waals surface area contributed by atoms with E-state index in [1.54, 1.807) is 28.8 Å². The van der Waals surface area contributed by atoms with E-state index in [0.29, 0.717) is 28.6 Å². The van der Waals surface area contributed by atoms with Crippen LogP contribution >= 0.6 is 35.0 Å². The summed E-state index contributed by atoms with van der Waals surface area (Å²) in [5, 5.41) is 3.97. The molecule has 0 saturated heterocycles. The van der Waals surface area contributed by atoms with Gasteiger partial charge in [0, 0.05) is 36.1 Å². The third-order valence-electron chi connectivity index (χ3n) is 6.21. The SMILES string of the molecule is CCC(C)NC(=O)C(Cc1ccccc1)N(Cc1ccc(Cl)c(Cl)c1)C(=O)CCSc1ccc(C)cc1. The minimum Gasteiger partial charge on any atom is -0.352 e. The van der Waals surface area contributed by atoms with Crippen molar-refractivity contribution in [3.63, 3.8) is 0 Å². The zero-order valence-electron chi connectivity index (χ0n) is 21.5. The van der Waals surface area contributed by atoms with Crippen molar-refractivity contribution in [1.82, 2.24) is 10.2 Å². The Balaban J connectivity index is 1.87. The molecule has 3 rings (SSSR count). The van der Waals surface area contributed by atoms with Crippen molar-refractivity contribution in [2.45, 2.75) is 63.6 Å². The van der Waals surface area contributed by atoms with E-state index in [1.807, 2.05) is 50.2 Å². The van der Waals surface area contributed by atoms with Crippen LogP contribution in [0.15, 0.2) is 77.7 Å². The summed E-state index contributed by atoms with van der Waals surface area (Å²) in [6.07, 6.45) is 1.53. The zero-order chi connectivity index (χ0) is 26.8. The van der Waals surface area contributed by atoms with Crippen molar-refractivity contribution in [3.05, 3.63) is 99.5 Å². The predicted octanol–water partition coefficient (Wildman–Crippen LogP) is 7.34. The molecular weight excluding hydrogens is 523 g/mol. The van der Waals surface area contributed by atoms with Crippen LogP contribution in [0.1, 0.15) is 43.4 Å². The molecule has 0 heterocycles. The average Bonchev–Trinajstić information content (AvgIpc) is 2.89. The first-order valence-electron chi connectivity index (χ1n) is 12.5. The summed E-state index contributed by atoms with van der Waals surface area (Å²) in [5.41, 5.74) is 3.01. The highest BCUT2D eigenvalue weighted by atomic mass is 35.5. The van der Waals surface area contributed by atoms with Gasteiger partial charge in [-0.15, -0.1) is 11.8 Å². The van der Waals surface area contributed by atoms with Crippen molar-refractivity contribution >= 4 is 46.8 Å². The molecule has 0 saturated carbocycles. The van der Waals surface area contributed by atoms with Crippen LogP contribution in [0.3, 0.4) is 0 Å². The molecule has 0 spiro atoms. The lowest BCUT2D eigenvalue weighted by molar-refractivity contribution is -0.141. The molecule has 0 aliphatic heterocycles. The monoisotopic (exact) mass is 556 g/mol. The highest BCUT2D eigenvalue weighted by Crippen LogP contribution is 2.25. The summed E-state index contributed by atoms with van der Waals surface area (Å²) in [5.74, 6) is 0.383. The van der Waals surface area contributed by atoms with E-state index in [-0.39, 0.29) is 24.4 Å². The Morgan fingerprint density at radius 3 is 2.30 bits per heavy atom. The van der Waals surface area contributed by atoms with Gasteiger partial charge in [-0.05, 0) is 55.7 Å². The smallest absolute Gasteiger partial charge is 0.243 e. The maximum atomic E-state index is 13.7. The molecule has 0 aliphatic rings. The summed E-state index contributed by atoms with van der Waals surface area (Å²) >= 11 is 14.0. The van der Waals surface area contributed by atoms with Crippen LogP contribution in [0, 0.1) is 6.92 Å². The minimum atomic E-state index is -0.664. The molecular formula is C30H34Cl2N2O2S. The number of hydrogen-bond acceptors (Lipinski definition) is 3. The van der Waals surface area contributed by atoms with E-state index in [4.69, 9.17) is 23.2 Å². The molecule has 196 valence electrons. The molecule has 7 heteroatoms. The van der Waals surface area contributed by atoms with Gasteiger partial charge in [0.1, 0.15) is 6.04 Å². The lowest BCUT2D eigenvalue weighted by atomic mass is 10.0. The van der Waals surface area contributed by atoms with E-state index in [1.165, 1.54) is 5.56 Å². The number of amides is 2. The number of carbonyl (C=O) groups excluding carboxylic acids is 2. The fraction of sp³-hybridized carbons (Fsp3) is 0.333. The maximum Gasteiger partial charge on any atom is 0.243 e. The first-order chi connectivity index (χ1) is 17.8. The van der Waals surface area contributed by atoms with Crippen LogP contribution in [-0.4, -0.2) is 34.6 Å². The quantitative estimate of drug-likeness (QED) is 0.237. The predicted molar refractivity (Wildman–Crippen MR) is 155 cm³/mol. The number of benzene rings is 3. The Bertz CT molecular complexity index is 1170. The number of thioether (sulfide) groups is 1. The molecule has 37 heavy (non-hydrogen) atoms. The molecule has 0 aliphatic carbocycles. The highest BCUT2D eigenvalue weighted by molar-refractivity contribution is 7.99. The fourth-order valence-corrected chi connectivity index (χ4v) is 5.03. The Labute approximate surface area is 234 Å². The molecule has 0 bridgehead atoms. The first-order valence-corrected chi connectivity index (χ1v) is 14.3. The summed E-state index contributed by atoms with van der Waals surface area (Å²) in [6, 6.07) is 22.7. The number of halogens is 2. The first kappa shape index (κ1) is 29.1. The van der Waals surface area contributed by atoms with Gasteiger partial charge >= 0.3 is 0 Å². The number of nitrogens with zero attached hydrogens (tertiary/aromatic N) is 1. The maximum absolute atomic E-state index is 13.7. The van der Waals surface area contributed by atoms with Gasteiger partial charge in [-0.1, -0.05) is 84.2 Å². The number of rotatable bonds is 12. The van der Waals surface area contributed by atoms with Crippen molar-refractivity contribution < 1.29 is 9.59 Å². The van der Waals surface area contributed by atoms with E-state index in [2.05, 4.69) is 36.5 Å². The van der Waals surface area contributed by atoms with Gasteiger partial charge in [-0.25, -0.2) is 0 Å². The van der Waals surface area contributed by atoms with Gasteiger partial charge in [-0.2, -0.15) is 0 Å². The summed E-state index contributed by atoms with van der Waals surface area (Å²) < 4.78 is 0. The van der Waals surface area contributed by atoms with Crippen molar-refractivity contribution in [2.75, 3.05) is 5.75 Å². The van der Waals surface area contributed by atoms with Crippen LogP contribution in [0.5, 0.6) is 0 Å². The van der Waals surface area contributed by atoms with Gasteiger partial charge in [0.05, 0.1) is 10.0 Å². The molecule has 3 aromatic carbocycles. The second kappa shape index (κ2) is 14.5. The fourth-order valence-electron chi connectivity index (χ4n) is 3.86. The van der Waals surface area contributed by atoms with Crippen molar-refractivity contribution in [1.29, 1.82) is 0 Å². The van der Waals surface area contributed by atoms with Crippen molar-refractivity contribution in [3.8, 4) is 0 Å². The van der Waals surface area contributed by atoms with Crippen LogP contribution < -0.4 is 5.32 Å². The Hall–Kier alpha value is -2.47. The third-order valence-corrected chi connectivity index (χ3v) is 7.97. The van der Waals surface area contributed by atoms with Crippen LogP contribution in [-0.2, 0) is 22.6 Å². The molecule has 0 radical (unpaired) electrons. The molecule has 2 amide bonds. The summed E-state index contributed by atoms with van der Waals surface area (Å²) in [6.45, 7) is 6.31. The Morgan fingerprint density at radius 1 is 0.946 bits per heavy atom. The number of nitrogens with one attached hydrogen (secondary N) is 1. The highest BCUT2D eigenvalue weighted by Gasteiger charge is 2.30. The minimum absolute atomic E-state index is 0.00444. The lowest BCUT2D eigenvalue weighted by Crippen LogP contribution is -2.52. The topological polar surface area (TPSA) is 49.4 Å². The van der Waals surface area contributed by atoms with Crippen LogP contribution in [0.25, 0.3) is 0 Å². The summed E-state index contributed by atoms with van der Waals surface area (Å²) in [4.78, 5) is 30.1. The van der Waals surface area contributed by atoms with E-state index < -0.39 is 6.04 Å². The Kier molecular flexibility index (Phi) is 11.4. The lowest BCUT2D eigenvalue weighted by Gasteiger charge is -2.32. The van der Waals surface area contributed by atoms with Crippen molar-refractivity contribution in [2.24, 2.45) is 0 Å². The summed E-state index contributed by atoms with van der Waals surface area (Å²) in [7, 11) is 0. The van der Waals surface area contributed by atoms with Gasteiger partial charge in [0.2, 0.25) is 11.8 Å². The number of aryl methyl sites for hydroxylation is 1. The van der Waals surface area contributed by atoms with E-state index in [0.717, 1.165) is 22.4 Å². The molecule has 4 nitrogen and oxygen atoms in total.